The van der Waals surface area contributed by atoms with Gasteiger partial charge in [0.2, 0.25) is 10.0 Å². The van der Waals surface area contributed by atoms with Crippen molar-refractivity contribution in [3.05, 3.63) is 80.9 Å². The molecule has 0 spiro atoms. The summed E-state index contributed by atoms with van der Waals surface area (Å²) in [4.78, 5) is 15.7. The molecule has 2 N–H and O–H groups in total. The maximum atomic E-state index is 14.8. The van der Waals surface area contributed by atoms with Gasteiger partial charge in [-0.2, -0.15) is 0 Å². The first-order valence-electron chi connectivity index (χ1n) is 12.2. The van der Waals surface area contributed by atoms with Gasteiger partial charge in [-0.25, -0.2) is 32.1 Å². The van der Waals surface area contributed by atoms with Crippen molar-refractivity contribution in [2.75, 3.05) is 6.61 Å². The Morgan fingerprint density at radius 1 is 1.21 bits per heavy atom. The largest absolute Gasteiger partial charge is 0.461 e. The summed E-state index contributed by atoms with van der Waals surface area (Å²) in [5.41, 5.74) is 3.82. The molecular weight excluding hydrogens is 612 g/mol. The van der Waals surface area contributed by atoms with Gasteiger partial charge in [-0.1, -0.05) is 28.1 Å². The molecule has 1 aliphatic carbocycles. The zero-order chi connectivity index (χ0) is 27.9. The molecule has 0 bridgehead atoms. The maximum absolute atomic E-state index is 14.8. The molecule has 4 aromatic rings. The monoisotopic (exact) mass is 635 g/mol. The normalized spacial score (nSPS) is 13.6. The first kappa shape index (κ1) is 27.6. The highest BCUT2D eigenvalue weighted by Crippen LogP contribution is 2.41. The van der Waals surface area contributed by atoms with E-state index in [0.717, 1.165) is 52.0 Å². The highest BCUT2D eigenvalue weighted by atomic mass is 79.9. The second-order valence-corrected chi connectivity index (χ2v) is 12.6. The number of benzene rings is 2. The number of aromatic nitrogens is 2. The number of thiazole rings is 1. The third kappa shape index (κ3) is 5.98. The number of carbonyl (C=O) groups is 1. The van der Waals surface area contributed by atoms with Crippen LogP contribution in [0, 0.1) is 17.6 Å². The topological polar surface area (TPSA) is 104 Å². The van der Waals surface area contributed by atoms with Gasteiger partial charge in [0.05, 0.1) is 6.61 Å². The minimum absolute atomic E-state index is 0.0682. The number of hydrogen-bond acceptors (Lipinski definition) is 6. The van der Waals surface area contributed by atoms with Crippen molar-refractivity contribution >= 4 is 43.3 Å². The molecule has 2 heterocycles. The summed E-state index contributed by atoms with van der Waals surface area (Å²) in [5, 5.41) is 7.30. The van der Waals surface area contributed by atoms with Crippen LogP contribution in [0.25, 0.3) is 21.8 Å². The SMILES string of the molecule is CCOC(=O)c1csc(-c2cc(-c3cccc(Br)c3)n(Cc3cc(F)c(S(N)(=O)=O)c(F)c3)c2CC2CC2)n1. The third-order valence-corrected chi connectivity index (χ3v) is 8.74. The lowest BCUT2D eigenvalue weighted by atomic mass is 10.1. The molecule has 2 aromatic heterocycles. The van der Waals surface area contributed by atoms with Gasteiger partial charge in [-0.3, -0.25) is 0 Å². The Labute approximate surface area is 236 Å². The van der Waals surface area contributed by atoms with Crippen molar-refractivity contribution < 1.29 is 26.7 Å². The number of sulfonamides is 1. The van der Waals surface area contributed by atoms with Gasteiger partial charge >= 0.3 is 5.97 Å². The molecule has 0 amide bonds. The number of ether oxygens (including phenoxy) is 1. The van der Waals surface area contributed by atoms with Crippen molar-refractivity contribution in [2.45, 2.75) is 37.6 Å². The third-order valence-electron chi connectivity index (χ3n) is 6.41. The fraction of sp³-hybridized carbons (Fsp3) is 0.259. The average molecular weight is 637 g/mol. The smallest absolute Gasteiger partial charge is 0.357 e. The molecule has 7 nitrogen and oxygen atoms in total. The molecular formula is C27H24BrF2N3O4S2. The van der Waals surface area contributed by atoms with E-state index in [0.29, 0.717) is 17.3 Å². The van der Waals surface area contributed by atoms with Crippen LogP contribution in [0.15, 0.2) is 57.2 Å². The Balaban J connectivity index is 1.67. The number of hydrogen-bond donors (Lipinski definition) is 1. The van der Waals surface area contributed by atoms with Crippen LogP contribution in [0.2, 0.25) is 0 Å². The van der Waals surface area contributed by atoms with Crippen LogP contribution < -0.4 is 5.14 Å². The fourth-order valence-corrected chi connectivity index (χ4v) is 6.40. The lowest BCUT2D eigenvalue weighted by Gasteiger charge is -2.16. The van der Waals surface area contributed by atoms with Crippen LogP contribution >= 0.6 is 27.3 Å². The second-order valence-electron chi connectivity index (χ2n) is 9.33. The number of nitrogens with zero attached hydrogens (tertiary/aromatic N) is 2. The Morgan fingerprint density at radius 3 is 2.54 bits per heavy atom. The molecule has 0 saturated heterocycles. The molecule has 12 heteroatoms. The highest BCUT2D eigenvalue weighted by Gasteiger charge is 2.29. The number of nitrogens with two attached hydrogens (primary N) is 1. The first-order chi connectivity index (χ1) is 18.5. The van der Waals surface area contributed by atoms with Crippen molar-refractivity contribution in [1.29, 1.82) is 0 Å². The van der Waals surface area contributed by atoms with Gasteiger partial charge in [0.25, 0.3) is 0 Å². The van der Waals surface area contributed by atoms with Crippen LogP contribution in [0.4, 0.5) is 8.78 Å². The Morgan fingerprint density at radius 2 is 1.92 bits per heavy atom. The number of halogens is 3. The molecule has 0 radical (unpaired) electrons. The van der Waals surface area contributed by atoms with Crippen molar-refractivity contribution in [3.8, 4) is 21.8 Å². The molecule has 204 valence electrons. The molecule has 2 aromatic carbocycles. The molecule has 1 aliphatic rings. The lowest BCUT2D eigenvalue weighted by Crippen LogP contribution is -2.17. The quantitative estimate of drug-likeness (QED) is 0.222. The van der Waals surface area contributed by atoms with Gasteiger partial charge in [0.1, 0.15) is 16.6 Å². The van der Waals surface area contributed by atoms with E-state index in [4.69, 9.17) is 9.88 Å². The Kier molecular flexibility index (Phi) is 7.73. The predicted octanol–water partition coefficient (Wildman–Crippen LogP) is 6.14. The molecule has 0 atom stereocenters. The molecule has 0 unspecified atom stereocenters. The van der Waals surface area contributed by atoms with Crippen LogP contribution in [0.3, 0.4) is 0 Å². The van der Waals surface area contributed by atoms with Gasteiger partial charge in [-0.15, -0.1) is 11.3 Å². The van der Waals surface area contributed by atoms with Crippen molar-refractivity contribution in [3.63, 3.8) is 0 Å². The van der Waals surface area contributed by atoms with Gasteiger partial charge < -0.3 is 9.30 Å². The number of esters is 1. The average Bonchev–Trinajstić information content (AvgIpc) is 3.41. The molecule has 1 fully saturated rings. The lowest BCUT2D eigenvalue weighted by molar-refractivity contribution is 0.0520. The summed E-state index contributed by atoms with van der Waals surface area (Å²) in [6.45, 7) is 2.03. The molecule has 0 aliphatic heterocycles. The van der Waals surface area contributed by atoms with Crippen LogP contribution in [-0.2, 0) is 27.7 Å². The Hall–Kier alpha value is -2.93. The van der Waals surface area contributed by atoms with Crippen molar-refractivity contribution in [2.24, 2.45) is 11.1 Å². The van der Waals surface area contributed by atoms with E-state index in [1.54, 1.807) is 12.3 Å². The fourth-order valence-electron chi connectivity index (χ4n) is 4.51. The molecule has 5 rings (SSSR count). The summed E-state index contributed by atoms with van der Waals surface area (Å²) in [5.74, 6) is -2.54. The van der Waals surface area contributed by atoms with E-state index < -0.39 is 32.5 Å². The van der Waals surface area contributed by atoms with Crippen LogP contribution in [-0.4, -0.2) is 30.5 Å². The zero-order valence-corrected chi connectivity index (χ0v) is 24.0. The highest BCUT2D eigenvalue weighted by molar-refractivity contribution is 9.10. The molecule has 39 heavy (non-hydrogen) atoms. The van der Waals surface area contributed by atoms with Crippen molar-refractivity contribution in [1.82, 2.24) is 9.55 Å². The standard InChI is InChI=1S/C27H24BrF2N3O4S2/c1-2-37-27(34)22-14-38-26(32-22)19-12-23(17-4-3-5-18(28)11-17)33(24(19)10-15-6-7-15)13-16-8-20(29)25(21(30)9-16)39(31,35)36/h3-5,8-9,11-12,14-15H,2,6-7,10,13H2,1H3,(H2,31,35,36). The summed E-state index contributed by atoms with van der Waals surface area (Å²) in [7, 11) is -4.57. The number of carbonyl (C=O) groups excluding carboxylic acids is 1. The predicted molar refractivity (Wildman–Crippen MR) is 148 cm³/mol. The Bertz CT molecular complexity index is 1660. The van der Waals surface area contributed by atoms with E-state index in [9.17, 15) is 22.0 Å². The van der Waals surface area contributed by atoms with E-state index >= 15 is 0 Å². The summed E-state index contributed by atoms with van der Waals surface area (Å²) < 4.78 is 60.8. The van der Waals surface area contributed by atoms with Crippen LogP contribution in [0.5, 0.6) is 0 Å². The second kappa shape index (κ2) is 10.9. The maximum Gasteiger partial charge on any atom is 0.357 e. The zero-order valence-electron chi connectivity index (χ0n) is 20.8. The minimum atomic E-state index is -4.57. The van der Waals surface area contributed by atoms with E-state index in [-0.39, 0.29) is 24.4 Å². The number of primary sulfonamides is 1. The summed E-state index contributed by atoms with van der Waals surface area (Å²) in [6.07, 6.45) is 2.84. The van der Waals surface area contributed by atoms with Gasteiger partial charge in [-0.05, 0) is 73.6 Å². The van der Waals surface area contributed by atoms with E-state index in [1.807, 2.05) is 34.9 Å². The van der Waals surface area contributed by atoms with E-state index in [1.165, 1.54) is 11.3 Å². The van der Waals surface area contributed by atoms with E-state index in [2.05, 4.69) is 20.9 Å². The summed E-state index contributed by atoms with van der Waals surface area (Å²) in [6, 6.07) is 11.6. The van der Waals surface area contributed by atoms with Gasteiger partial charge in [0.15, 0.2) is 10.6 Å². The first-order valence-corrected chi connectivity index (χ1v) is 15.4. The number of rotatable bonds is 9. The van der Waals surface area contributed by atoms with Crippen LogP contribution in [0.1, 0.15) is 41.5 Å². The minimum Gasteiger partial charge on any atom is -0.461 e. The van der Waals surface area contributed by atoms with Gasteiger partial charge in [0, 0.05) is 33.3 Å². The summed E-state index contributed by atoms with van der Waals surface area (Å²) >= 11 is 4.83. The molecule has 1 saturated carbocycles.